The highest BCUT2D eigenvalue weighted by Gasteiger charge is 2.69. The molecule has 4 heteroatoms. The largest absolute Gasteiger partial charge is 0.468 e. The van der Waals surface area contributed by atoms with Gasteiger partial charge in [-0.3, -0.25) is 14.4 Å². The van der Waals surface area contributed by atoms with Gasteiger partial charge in [-0.05, 0) is 38.5 Å². The summed E-state index contributed by atoms with van der Waals surface area (Å²) in [5.41, 5.74) is -1.80. The lowest BCUT2D eigenvalue weighted by atomic mass is 9.75. The van der Waals surface area contributed by atoms with Crippen molar-refractivity contribution in [3.8, 4) is 0 Å². The molecule has 3 saturated carbocycles. The molecule has 3 aliphatic rings. The normalized spacial score (nSPS) is 26.6. The van der Waals surface area contributed by atoms with Crippen molar-refractivity contribution < 1.29 is 19.1 Å². The van der Waals surface area contributed by atoms with Gasteiger partial charge in [0.05, 0.1) is 12.5 Å². The van der Waals surface area contributed by atoms with Gasteiger partial charge in [0, 0.05) is 5.92 Å². The summed E-state index contributed by atoms with van der Waals surface area (Å²) in [6, 6.07) is 0. The van der Waals surface area contributed by atoms with Crippen molar-refractivity contribution in [1.29, 1.82) is 0 Å². The number of Topliss-reactive ketones (excluding diaryl/α,β-unsaturated/α-hetero) is 2. The maximum absolute atomic E-state index is 12.8. The fourth-order valence-electron chi connectivity index (χ4n) is 3.77. The van der Waals surface area contributed by atoms with E-state index in [1.807, 2.05) is 0 Å². The van der Waals surface area contributed by atoms with E-state index in [9.17, 15) is 14.4 Å². The summed E-state index contributed by atoms with van der Waals surface area (Å²) in [4.78, 5) is 37.4. The number of ether oxygens (including phenoxy) is 1. The van der Waals surface area contributed by atoms with Gasteiger partial charge in [0.15, 0.2) is 5.78 Å². The molecule has 110 valence electrons. The molecule has 3 rings (SSSR count). The van der Waals surface area contributed by atoms with Crippen molar-refractivity contribution in [2.24, 2.45) is 16.7 Å². The van der Waals surface area contributed by atoms with Gasteiger partial charge in [0.25, 0.3) is 0 Å². The molecule has 0 spiro atoms. The van der Waals surface area contributed by atoms with Crippen LogP contribution in [-0.4, -0.2) is 24.6 Å². The molecule has 0 saturated heterocycles. The molecule has 0 N–H and O–H groups in total. The maximum Gasteiger partial charge on any atom is 0.319 e. The highest BCUT2D eigenvalue weighted by Crippen LogP contribution is 2.60. The molecule has 0 aromatic heterocycles. The Morgan fingerprint density at radius 2 is 1.45 bits per heavy atom. The molecule has 0 amide bonds. The quantitative estimate of drug-likeness (QED) is 0.572. The van der Waals surface area contributed by atoms with Crippen molar-refractivity contribution in [2.45, 2.75) is 57.8 Å². The Hall–Kier alpha value is -1.19. The zero-order valence-corrected chi connectivity index (χ0v) is 12.1. The van der Waals surface area contributed by atoms with Crippen molar-refractivity contribution in [3.05, 3.63) is 0 Å². The van der Waals surface area contributed by atoms with Crippen LogP contribution in [0.5, 0.6) is 0 Å². The first-order chi connectivity index (χ1) is 9.57. The third-order valence-electron chi connectivity index (χ3n) is 5.39. The standard InChI is InChI=1S/C16H22O4/c1-20-14(19)16(9-10-16)13(18)15(7-8-15)12(17)11-5-3-2-4-6-11/h11H,2-10H2,1H3. The summed E-state index contributed by atoms with van der Waals surface area (Å²) < 4.78 is 4.78. The molecule has 0 aromatic rings. The summed E-state index contributed by atoms with van der Waals surface area (Å²) in [5, 5.41) is 0. The smallest absolute Gasteiger partial charge is 0.319 e. The fraction of sp³-hybridized carbons (Fsp3) is 0.812. The molecule has 0 bridgehead atoms. The maximum atomic E-state index is 12.8. The van der Waals surface area contributed by atoms with Crippen LogP contribution in [0, 0.1) is 16.7 Å². The van der Waals surface area contributed by atoms with Gasteiger partial charge in [-0.2, -0.15) is 0 Å². The molecule has 0 aliphatic heterocycles. The van der Waals surface area contributed by atoms with E-state index in [4.69, 9.17) is 4.74 Å². The number of carbonyl (C=O) groups is 3. The van der Waals surface area contributed by atoms with Gasteiger partial charge in [-0.25, -0.2) is 0 Å². The van der Waals surface area contributed by atoms with Gasteiger partial charge in [-0.15, -0.1) is 0 Å². The number of esters is 1. The molecular weight excluding hydrogens is 256 g/mol. The Labute approximate surface area is 119 Å². The summed E-state index contributed by atoms with van der Waals surface area (Å²) in [6.07, 6.45) is 7.58. The van der Waals surface area contributed by atoms with E-state index in [0.29, 0.717) is 25.7 Å². The number of rotatable bonds is 5. The third-order valence-corrected chi connectivity index (χ3v) is 5.39. The number of hydrogen-bond donors (Lipinski definition) is 0. The van der Waals surface area contributed by atoms with Crippen LogP contribution in [0.1, 0.15) is 57.8 Å². The predicted octanol–water partition coefficient (Wildman–Crippen LogP) is 2.44. The summed E-state index contributed by atoms with van der Waals surface area (Å²) in [5.74, 6) is -0.404. The topological polar surface area (TPSA) is 60.4 Å². The molecule has 0 heterocycles. The molecule has 20 heavy (non-hydrogen) atoms. The van der Waals surface area contributed by atoms with Crippen molar-refractivity contribution in [3.63, 3.8) is 0 Å². The van der Waals surface area contributed by atoms with E-state index in [2.05, 4.69) is 0 Å². The van der Waals surface area contributed by atoms with Crippen LogP contribution in [0.15, 0.2) is 0 Å². The predicted molar refractivity (Wildman–Crippen MR) is 71.9 cm³/mol. The van der Waals surface area contributed by atoms with E-state index in [1.165, 1.54) is 13.5 Å². The fourth-order valence-corrected chi connectivity index (χ4v) is 3.77. The zero-order chi connectivity index (χ0) is 14.4. The van der Waals surface area contributed by atoms with Crippen LogP contribution in [0.4, 0.5) is 0 Å². The lowest BCUT2D eigenvalue weighted by Crippen LogP contribution is -2.40. The molecule has 0 atom stereocenters. The molecule has 0 unspecified atom stereocenters. The van der Waals surface area contributed by atoms with Crippen LogP contribution >= 0.6 is 0 Å². The SMILES string of the molecule is COC(=O)C1(C(=O)C2(C(=O)C3CCCCC3)CC2)CC1. The van der Waals surface area contributed by atoms with Crippen molar-refractivity contribution >= 4 is 17.5 Å². The first-order valence-corrected chi connectivity index (χ1v) is 7.74. The van der Waals surface area contributed by atoms with Crippen LogP contribution < -0.4 is 0 Å². The summed E-state index contributed by atoms with van der Waals surface area (Å²) in [7, 11) is 1.32. The Kier molecular flexibility index (Phi) is 3.22. The second kappa shape index (κ2) is 4.68. The number of hydrogen-bond acceptors (Lipinski definition) is 4. The highest BCUT2D eigenvalue weighted by atomic mass is 16.5. The van der Waals surface area contributed by atoms with Crippen LogP contribution in [0.2, 0.25) is 0 Å². The lowest BCUT2D eigenvalue weighted by molar-refractivity contribution is -0.154. The van der Waals surface area contributed by atoms with E-state index in [-0.39, 0.29) is 17.5 Å². The van der Waals surface area contributed by atoms with Gasteiger partial charge < -0.3 is 4.74 Å². The lowest BCUT2D eigenvalue weighted by Gasteiger charge is -2.26. The van der Waals surface area contributed by atoms with Crippen molar-refractivity contribution in [1.82, 2.24) is 0 Å². The first kappa shape index (κ1) is 13.8. The van der Waals surface area contributed by atoms with Gasteiger partial charge >= 0.3 is 5.97 Å². The Morgan fingerprint density at radius 3 is 1.90 bits per heavy atom. The monoisotopic (exact) mass is 278 g/mol. The Balaban J connectivity index is 1.77. The van der Waals surface area contributed by atoms with E-state index in [0.717, 1.165) is 25.7 Å². The Morgan fingerprint density at radius 1 is 0.900 bits per heavy atom. The third kappa shape index (κ3) is 1.92. The minimum absolute atomic E-state index is 0.0450. The van der Waals surface area contributed by atoms with Crippen LogP contribution in [0.3, 0.4) is 0 Å². The molecule has 0 aromatic carbocycles. The minimum atomic E-state index is -0.977. The Bertz CT molecular complexity index is 451. The average Bonchev–Trinajstić information content (AvgIpc) is 3.40. The van der Waals surface area contributed by atoms with Gasteiger partial charge in [0.2, 0.25) is 0 Å². The number of methoxy groups -OCH3 is 1. The van der Waals surface area contributed by atoms with Crippen molar-refractivity contribution in [2.75, 3.05) is 7.11 Å². The average molecular weight is 278 g/mol. The summed E-state index contributed by atoms with van der Waals surface area (Å²) >= 11 is 0. The number of carbonyl (C=O) groups excluding carboxylic acids is 3. The second-order valence-electron chi connectivity index (χ2n) is 6.68. The second-order valence-corrected chi connectivity index (χ2v) is 6.68. The molecule has 4 nitrogen and oxygen atoms in total. The molecule has 0 radical (unpaired) electrons. The van der Waals surface area contributed by atoms with Crippen LogP contribution in [0.25, 0.3) is 0 Å². The van der Waals surface area contributed by atoms with E-state index < -0.39 is 16.8 Å². The van der Waals surface area contributed by atoms with E-state index >= 15 is 0 Å². The first-order valence-electron chi connectivity index (χ1n) is 7.74. The van der Waals surface area contributed by atoms with Gasteiger partial charge in [-0.1, -0.05) is 19.3 Å². The highest BCUT2D eigenvalue weighted by molar-refractivity contribution is 6.20. The molecule has 3 fully saturated rings. The molecule has 3 aliphatic carbocycles. The molecular formula is C16H22O4. The zero-order valence-electron chi connectivity index (χ0n) is 12.1. The van der Waals surface area contributed by atoms with Crippen LogP contribution in [-0.2, 0) is 19.1 Å². The summed E-state index contributed by atoms with van der Waals surface area (Å²) in [6.45, 7) is 0. The number of ketones is 2. The minimum Gasteiger partial charge on any atom is -0.468 e. The van der Waals surface area contributed by atoms with E-state index in [1.54, 1.807) is 0 Å². The van der Waals surface area contributed by atoms with Gasteiger partial charge in [0.1, 0.15) is 11.2 Å².